The van der Waals surface area contributed by atoms with Crippen LogP contribution in [0.5, 0.6) is 0 Å². The van der Waals surface area contributed by atoms with E-state index in [2.05, 4.69) is 12.2 Å². The van der Waals surface area contributed by atoms with E-state index in [1.807, 2.05) is 0 Å². The number of amides is 1. The summed E-state index contributed by atoms with van der Waals surface area (Å²) in [7, 11) is 0. The summed E-state index contributed by atoms with van der Waals surface area (Å²) in [4.78, 5) is 12.0. The summed E-state index contributed by atoms with van der Waals surface area (Å²) in [6.07, 6.45) is 3.45. The van der Waals surface area contributed by atoms with Crippen LogP contribution in [0.25, 0.3) is 0 Å². The molecular formula is C16H22FNO2. The number of carbonyl (C=O) groups excluding carboxylic acids is 1. The van der Waals surface area contributed by atoms with Gasteiger partial charge in [-0.2, -0.15) is 0 Å². The van der Waals surface area contributed by atoms with Crippen molar-refractivity contribution in [1.82, 2.24) is 5.32 Å². The number of aliphatic hydroxyl groups is 1. The normalized spacial score (nSPS) is 26.3. The molecule has 0 saturated heterocycles. The molecule has 1 aliphatic carbocycles. The molecule has 0 bridgehead atoms. The molecule has 1 aromatic rings. The first-order valence-electron chi connectivity index (χ1n) is 7.16. The van der Waals surface area contributed by atoms with E-state index < -0.39 is 17.3 Å². The van der Waals surface area contributed by atoms with Crippen LogP contribution in [0.15, 0.2) is 18.2 Å². The van der Waals surface area contributed by atoms with Crippen molar-refractivity contribution >= 4 is 5.91 Å². The molecule has 2 rings (SSSR count). The fourth-order valence-electron chi connectivity index (χ4n) is 2.94. The highest BCUT2D eigenvalue weighted by atomic mass is 19.1. The smallest absolute Gasteiger partial charge is 0.254 e. The van der Waals surface area contributed by atoms with E-state index >= 15 is 0 Å². The Labute approximate surface area is 119 Å². The number of carbonyl (C=O) groups is 1. The van der Waals surface area contributed by atoms with Gasteiger partial charge in [-0.3, -0.25) is 4.79 Å². The van der Waals surface area contributed by atoms with Gasteiger partial charge in [0.15, 0.2) is 0 Å². The van der Waals surface area contributed by atoms with Gasteiger partial charge < -0.3 is 10.4 Å². The summed E-state index contributed by atoms with van der Waals surface area (Å²) < 4.78 is 13.7. The molecule has 0 aliphatic heterocycles. The van der Waals surface area contributed by atoms with Gasteiger partial charge >= 0.3 is 0 Å². The number of hydrogen-bond donors (Lipinski definition) is 2. The molecule has 1 fully saturated rings. The number of benzene rings is 1. The van der Waals surface area contributed by atoms with Crippen molar-refractivity contribution in [3.05, 3.63) is 35.1 Å². The van der Waals surface area contributed by atoms with Crippen molar-refractivity contribution in [1.29, 1.82) is 0 Å². The van der Waals surface area contributed by atoms with Crippen LogP contribution in [-0.2, 0) is 0 Å². The zero-order valence-corrected chi connectivity index (χ0v) is 12.1. The van der Waals surface area contributed by atoms with Crippen molar-refractivity contribution in [3.8, 4) is 0 Å². The van der Waals surface area contributed by atoms with Crippen LogP contribution in [0.3, 0.4) is 0 Å². The first kappa shape index (κ1) is 15.0. The second-order valence-corrected chi connectivity index (χ2v) is 6.09. The number of hydrogen-bond acceptors (Lipinski definition) is 2. The minimum Gasteiger partial charge on any atom is -0.388 e. The zero-order valence-electron chi connectivity index (χ0n) is 12.1. The third-order valence-electron chi connectivity index (χ3n) is 4.01. The van der Waals surface area contributed by atoms with Gasteiger partial charge in [0.25, 0.3) is 5.91 Å². The maximum atomic E-state index is 13.7. The summed E-state index contributed by atoms with van der Waals surface area (Å²) >= 11 is 0. The average molecular weight is 279 g/mol. The van der Waals surface area contributed by atoms with Gasteiger partial charge in [0.1, 0.15) is 5.82 Å². The average Bonchev–Trinajstić information content (AvgIpc) is 2.36. The lowest BCUT2D eigenvalue weighted by Gasteiger charge is -2.35. The van der Waals surface area contributed by atoms with Gasteiger partial charge in [-0.15, -0.1) is 0 Å². The quantitative estimate of drug-likeness (QED) is 0.894. The topological polar surface area (TPSA) is 49.3 Å². The Balaban J connectivity index is 1.98. The fraction of sp³-hybridized carbons (Fsp3) is 0.562. The van der Waals surface area contributed by atoms with Gasteiger partial charge in [0.05, 0.1) is 11.2 Å². The van der Waals surface area contributed by atoms with Gasteiger partial charge in [-0.25, -0.2) is 4.39 Å². The van der Waals surface area contributed by atoms with Crippen molar-refractivity contribution in [2.75, 3.05) is 6.54 Å². The highest BCUT2D eigenvalue weighted by Crippen LogP contribution is 2.31. The summed E-state index contributed by atoms with van der Waals surface area (Å²) in [6, 6.07) is 4.52. The molecule has 4 heteroatoms. The Kier molecular flexibility index (Phi) is 4.43. The number of aryl methyl sites for hydroxylation is 1. The Morgan fingerprint density at radius 2 is 2.30 bits per heavy atom. The lowest BCUT2D eigenvalue weighted by molar-refractivity contribution is -0.0109. The minimum absolute atomic E-state index is 0.0306. The maximum absolute atomic E-state index is 13.7. The number of rotatable bonds is 3. The molecule has 0 aromatic heterocycles. The van der Waals surface area contributed by atoms with Crippen LogP contribution in [0, 0.1) is 18.7 Å². The van der Waals surface area contributed by atoms with Crippen LogP contribution in [-0.4, -0.2) is 23.2 Å². The fourth-order valence-corrected chi connectivity index (χ4v) is 2.94. The predicted molar refractivity (Wildman–Crippen MR) is 76.1 cm³/mol. The third kappa shape index (κ3) is 3.57. The molecule has 2 unspecified atom stereocenters. The molecule has 1 aliphatic rings. The van der Waals surface area contributed by atoms with Crippen molar-refractivity contribution < 1.29 is 14.3 Å². The predicted octanol–water partition coefficient (Wildman–Crippen LogP) is 2.81. The molecule has 1 amide bonds. The summed E-state index contributed by atoms with van der Waals surface area (Å²) in [5.74, 6) is -0.526. The highest BCUT2D eigenvalue weighted by molar-refractivity contribution is 5.94. The Hall–Kier alpha value is -1.42. The van der Waals surface area contributed by atoms with E-state index in [1.54, 1.807) is 13.0 Å². The van der Waals surface area contributed by atoms with Crippen LogP contribution in [0.2, 0.25) is 0 Å². The zero-order chi connectivity index (χ0) is 14.8. The van der Waals surface area contributed by atoms with Gasteiger partial charge in [-0.05, 0) is 43.4 Å². The van der Waals surface area contributed by atoms with E-state index in [1.165, 1.54) is 12.1 Å². The lowest BCUT2D eigenvalue weighted by atomic mass is 9.79. The van der Waals surface area contributed by atoms with Crippen LogP contribution >= 0.6 is 0 Å². The standard InChI is InChI=1S/C16H22FNO2/c1-11-5-6-13(14(17)8-11)15(19)18-10-16(20)7-3-4-12(2)9-16/h5-6,8,12,20H,3-4,7,9-10H2,1-2H3,(H,18,19). The SMILES string of the molecule is Cc1ccc(C(=O)NCC2(O)CCCC(C)C2)c(F)c1. The Morgan fingerprint density at radius 3 is 2.95 bits per heavy atom. The summed E-state index contributed by atoms with van der Waals surface area (Å²) in [6.45, 7) is 4.06. The van der Waals surface area contributed by atoms with Gasteiger partial charge in [-0.1, -0.05) is 25.8 Å². The Morgan fingerprint density at radius 1 is 1.55 bits per heavy atom. The van der Waals surface area contributed by atoms with E-state index in [4.69, 9.17) is 0 Å². The minimum atomic E-state index is -0.853. The summed E-state index contributed by atoms with van der Waals surface area (Å²) in [5.41, 5.74) is -0.0454. The molecule has 0 radical (unpaired) electrons. The number of nitrogens with one attached hydrogen (secondary N) is 1. The molecule has 2 atom stereocenters. The van der Waals surface area contributed by atoms with Gasteiger partial charge in [0, 0.05) is 6.54 Å². The molecule has 0 heterocycles. The molecule has 110 valence electrons. The molecule has 1 aromatic carbocycles. The van der Waals surface area contributed by atoms with Crippen molar-refractivity contribution in [2.24, 2.45) is 5.92 Å². The molecule has 2 N–H and O–H groups in total. The van der Waals surface area contributed by atoms with Crippen LogP contribution in [0.1, 0.15) is 48.5 Å². The maximum Gasteiger partial charge on any atom is 0.254 e. The van der Waals surface area contributed by atoms with Crippen LogP contribution in [0.4, 0.5) is 4.39 Å². The summed E-state index contributed by atoms with van der Waals surface area (Å²) in [5, 5.41) is 13.1. The third-order valence-corrected chi connectivity index (χ3v) is 4.01. The lowest BCUT2D eigenvalue weighted by Crippen LogP contribution is -2.45. The van der Waals surface area contributed by atoms with E-state index in [0.717, 1.165) is 18.4 Å². The van der Waals surface area contributed by atoms with E-state index in [-0.39, 0.29) is 12.1 Å². The first-order chi connectivity index (χ1) is 9.39. The first-order valence-corrected chi connectivity index (χ1v) is 7.16. The largest absolute Gasteiger partial charge is 0.388 e. The van der Waals surface area contributed by atoms with E-state index in [0.29, 0.717) is 18.8 Å². The second-order valence-electron chi connectivity index (χ2n) is 6.09. The monoisotopic (exact) mass is 279 g/mol. The molecule has 3 nitrogen and oxygen atoms in total. The Bertz CT molecular complexity index is 503. The van der Waals surface area contributed by atoms with E-state index in [9.17, 15) is 14.3 Å². The highest BCUT2D eigenvalue weighted by Gasteiger charge is 2.33. The molecule has 1 saturated carbocycles. The van der Waals surface area contributed by atoms with Crippen LogP contribution < -0.4 is 5.32 Å². The number of halogens is 1. The second kappa shape index (κ2) is 5.92. The molecule has 20 heavy (non-hydrogen) atoms. The van der Waals surface area contributed by atoms with Crippen molar-refractivity contribution in [2.45, 2.75) is 45.1 Å². The molecular weight excluding hydrogens is 257 g/mol. The molecule has 0 spiro atoms. The van der Waals surface area contributed by atoms with Gasteiger partial charge in [0.2, 0.25) is 0 Å². The van der Waals surface area contributed by atoms with Crippen molar-refractivity contribution in [3.63, 3.8) is 0 Å².